The zero-order chi connectivity index (χ0) is 20.5. The van der Waals surface area contributed by atoms with Crippen LogP contribution in [0.3, 0.4) is 0 Å². The zero-order valence-corrected chi connectivity index (χ0v) is 16.8. The Labute approximate surface area is 168 Å². The Morgan fingerprint density at radius 3 is 2.61 bits per heavy atom. The maximum atomic E-state index is 14.6. The second-order valence-electron chi connectivity index (χ2n) is 6.49. The van der Waals surface area contributed by atoms with Gasteiger partial charge in [0.15, 0.2) is 5.78 Å². The van der Waals surface area contributed by atoms with E-state index in [-0.39, 0.29) is 13.0 Å². The number of carbonyl (C=O) groups is 1. The van der Waals surface area contributed by atoms with Crippen LogP contribution in [-0.4, -0.2) is 18.4 Å². The Bertz CT molecular complexity index is 902. The lowest BCUT2D eigenvalue weighted by Crippen LogP contribution is -2.30. The molecule has 0 fully saturated rings. The lowest BCUT2D eigenvalue weighted by atomic mass is 9.91. The van der Waals surface area contributed by atoms with Crippen molar-refractivity contribution in [3.05, 3.63) is 71.1 Å². The molecule has 0 radical (unpaired) electrons. The fourth-order valence-corrected chi connectivity index (χ4v) is 3.14. The average Bonchev–Trinajstić information content (AvgIpc) is 2.73. The quantitative estimate of drug-likeness (QED) is 0.720. The summed E-state index contributed by atoms with van der Waals surface area (Å²) < 4.78 is 14.6. The number of carbonyl (C=O) groups excluding carboxylic acids is 1. The number of allylic oxidation sites excluding steroid dienone is 2. The van der Waals surface area contributed by atoms with Crippen LogP contribution in [0.5, 0.6) is 0 Å². The number of rotatable bonds is 6. The largest absolute Gasteiger partial charge is 0.302 e. The molecule has 28 heavy (non-hydrogen) atoms. The van der Waals surface area contributed by atoms with E-state index in [9.17, 15) is 14.4 Å². The van der Waals surface area contributed by atoms with Gasteiger partial charge in [0, 0.05) is 13.4 Å². The molecule has 1 aliphatic carbocycles. The molecule has 148 valence electrons. The summed E-state index contributed by atoms with van der Waals surface area (Å²) in [5.41, 5.74) is 3.74. The smallest absolute Gasteiger partial charge is 0.185 e. The molecular formula is C24H29FN2O. The van der Waals surface area contributed by atoms with Gasteiger partial charge in [-0.25, -0.2) is 4.39 Å². The molecular weight excluding hydrogens is 351 g/mol. The van der Waals surface area contributed by atoms with Crippen LogP contribution in [0.2, 0.25) is 0 Å². The molecule has 1 aliphatic rings. The predicted molar refractivity (Wildman–Crippen MR) is 114 cm³/mol. The van der Waals surface area contributed by atoms with Crippen molar-refractivity contribution in [2.45, 2.75) is 46.1 Å². The van der Waals surface area contributed by atoms with Crippen molar-refractivity contribution in [3.63, 3.8) is 0 Å². The topological polar surface area (TPSA) is 52.9 Å². The van der Waals surface area contributed by atoms with Gasteiger partial charge in [-0.3, -0.25) is 4.79 Å². The highest BCUT2D eigenvalue weighted by atomic mass is 19.1. The van der Waals surface area contributed by atoms with Crippen LogP contribution in [0.15, 0.2) is 48.6 Å². The fourth-order valence-electron chi connectivity index (χ4n) is 3.14. The predicted octanol–water partition coefficient (Wildman–Crippen LogP) is 5.49. The van der Waals surface area contributed by atoms with E-state index in [1.54, 1.807) is 12.1 Å². The molecule has 0 spiro atoms. The molecule has 1 N–H and O–H groups in total. The van der Waals surface area contributed by atoms with Gasteiger partial charge < -0.3 is 5.32 Å². The average molecular weight is 381 g/mol. The summed E-state index contributed by atoms with van der Waals surface area (Å²) in [5.74, 6) is -0.339. The van der Waals surface area contributed by atoms with E-state index in [1.807, 2.05) is 51.1 Å². The zero-order valence-electron chi connectivity index (χ0n) is 16.8. The Balaban J connectivity index is 0.00000136. The standard InChI is InChI=1S/C22H21FN2O.C2H6.H2/c1-2-10-25-19(14-24)11-18-9-8-17(13-21(18)23)16-7-6-15-4-3-5-22(26)20(15)12-16;1-2;/h3,5-9,12-13,19,25H,2,4,10-11H2,1H3;1-2H3;1H/t19-;;/m0../s1. The Hall–Kier alpha value is -2.77. The van der Waals surface area contributed by atoms with E-state index in [0.717, 1.165) is 36.1 Å². The minimum Gasteiger partial charge on any atom is -0.302 e. The van der Waals surface area contributed by atoms with Crippen LogP contribution >= 0.6 is 0 Å². The fraction of sp³-hybridized carbons (Fsp3) is 0.333. The van der Waals surface area contributed by atoms with Gasteiger partial charge in [-0.2, -0.15) is 5.26 Å². The normalized spacial score (nSPS) is 13.2. The second kappa shape index (κ2) is 10.5. The second-order valence-corrected chi connectivity index (χ2v) is 6.49. The highest BCUT2D eigenvalue weighted by Crippen LogP contribution is 2.27. The number of hydrogen-bond donors (Lipinski definition) is 1. The van der Waals surface area contributed by atoms with E-state index in [2.05, 4.69) is 11.4 Å². The van der Waals surface area contributed by atoms with Gasteiger partial charge in [0.1, 0.15) is 5.82 Å². The van der Waals surface area contributed by atoms with Gasteiger partial charge in [0.25, 0.3) is 0 Å². The highest BCUT2D eigenvalue weighted by molar-refractivity contribution is 6.07. The van der Waals surface area contributed by atoms with Crippen LogP contribution in [-0.2, 0) is 12.8 Å². The van der Waals surface area contributed by atoms with E-state index in [4.69, 9.17) is 0 Å². The number of halogens is 1. The van der Waals surface area contributed by atoms with Crippen molar-refractivity contribution in [2.24, 2.45) is 0 Å². The molecule has 0 aromatic heterocycles. The molecule has 0 unspecified atom stereocenters. The summed E-state index contributed by atoms with van der Waals surface area (Å²) in [7, 11) is 0. The molecule has 0 aliphatic heterocycles. The minimum absolute atomic E-state index is 0. The Morgan fingerprint density at radius 2 is 1.93 bits per heavy atom. The lowest BCUT2D eigenvalue weighted by Gasteiger charge is -2.14. The molecule has 0 heterocycles. The molecule has 0 saturated carbocycles. The number of hydrogen-bond acceptors (Lipinski definition) is 3. The summed E-state index contributed by atoms with van der Waals surface area (Å²) in [6.45, 7) is 6.76. The Kier molecular flexibility index (Phi) is 8.10. The third-order valence-electron chi connectivity index (χ3n) is 4.59. The van der Waals surface area contributed by atoms with E-state index < -0.39 is 6.04 Å². The van der Waals surface area contributed by atoms with Crippen molar-refractivity contribution in [1.29, 1.82) is 5.26 Å². The van der Waals surface area contributed by atoms with Gasteiger partial charge in [-0.1, -0.05) is 51.1 Å². The number of nitrogens with zero attached hydrogens (tertiary/aromatic N) is 1. The molecule has 3 rings (SSSR count). The van der Waals surface area contributed by atoms with Gasteiger partial charge in [-0.05, 0) is 59.8 Å². The van der Waals surface area contributed by atoms with Crippen molar-refractivity contribution >= 4 is 5.78 Å². The van der Waals surface area contributed by atoms with Crippen LogP contribution in [0, 0.1) is 17.1 Å². The summed E-state index contributed by atoms with van der Waals surface area (Å²) >= 11 is 0. The lowest BCUT2D eigenvalue weighted by molar-refractivity contribution is 0.104. The van der Waals surface area contributed by atoms with E-state index in [0.29, 0.717) is 17.5 Å². The number of benzene rings is 2. The first-order valence-corrected chi connectivity index (χ1v) is 9.88. The number of fused-ring (bicyclic) bond motifs is 1. The number of nitriles is 1. The molecule has 2 aromatic carbocycles. The third kappa shape index (κ3) is 5.15. The van der Waals surface area contributed by atoms with Crippen LogP contribution in [0.4, 0.5) is 4.39 Å². The van der Waals surface area contributed by atoms with E-state index >= 15 is 0 Å². The Morgan fingerprint density at radius 1 is 1.21 bits per heavy atom. The van der Waals surface area contributed by atoms with Crippen LogP contribution in [0.1, 0.15) is 50.1 Å². The SMILES string of the molecule is CC.CCCN[C@H](C#N)Cc1ccc(-c2ccc3c(c2)C(=O)C=CC3)cc1F.[HH]. The van der Waals surface area contributed by atoms with Crippen molar-refractivity contribution in [1.82, 2.24) is 5.32 Å². The van der Waals surface area contributed by atoms with E-state index in [1.165, 1.54) is 6.07 Å². The highest BCUT2D eigenvalue weighted by Gasteiger charge is 2.15. The first-order chi connectivity index (χ1) is 13.6. The van der Waals surface area contributed by atoms with Crippen molar-refractivity contribution < 1.29 is 10.6 Å². The monoisotopic (exact) mass is 380 g/mol. The van der Waals surface area contributed by atoms with Crippen LogP contribution in [0.25, 0.3) is 11.1 Å². The van der Waals surface area contributed by atoms with Gasteiger partial charge in [-0.15, -0.1) is 0 Å². The first-order valence-electron chi connectivity index (χ1n) is 9.88. The summed E-state index contributed by atoms with van der Waals surface area (Å²) in [6.07, 6.45) is 5.44. The van der Waals surface area contributed by atoms with Crippen molar-refractivity contribution in [2.75, 3.05) is 6.54 Å². The molecule has 0 saturated heterocycles. The third-order valence-corrected chi connectivity index (χ3v) is 4.59. The molecule has 1 atom stereocenters. The molecule has 0 amide bonds. The number of ketones is 1. The van der Waals surface area contributed by atoms with Crippen LogP contribution < -0.4 is 5.32 Å². The molecule has 0 bridgehead atoms. The minimum atomic E-state index is -0.400. The molecule has 4 heteroatoms. The first kappa shape index (κ1) is 21.5. The molecule has 3 nitrogen and oxygen atoms in total. The molecule has 2 aromatic rings. The summed E-state index contributed by atoms with van der Waals surface area (Å²) in [5, 5.41) is 12.3. The van der Waals surface area contributed by atoms with Crippen molar-refractivity contribution in [3.8, 4) is 17.2 Å². The maximum absolute atomic E-state index is 14.6. The van der Waals surface area contributed by atoms with Gasteiger partial charge >= 0.3 is 0 Å². The van der Waals surface area contributed by atoms with Gasteiger partial charge in [0.2, 0.25) is 0 Å². The number of nitrogens with one attached hydrogen (secondary N) is 1. The summed E-state index contributed by atoms with van der Waals surface area (Å²) in [4.78, 5) is 12.0. The van der Waals surface area contributed by atoms with Gasteiger partial charge in [0.05, 0.1) is 12.1 Å². The maximum Gasteiger partial charge on any atom is 0.185 e. The summed E-state index contributed by atoms with van der Waals surface area (Å²) in [6, 6.07) is 12.5.